The molecule has 0 bridgehead atoms. The van der Waals surface area contributed by atoms with Gasteiger partial charge >= 0.3 is 31.4 Å². The zero-order valence-electron chi connectivity index (χ0n) is 25.4. The molecular formula is C30H26BBrF6N2O8. The largest absolute Gasteiger partial charge is 0.496 e. The number of pyridine rings is 2. The third-order valence-electron chi connectivity index (χ3n) is 5.97. The van der Waals surface area contributed by atoms with Gasteiger partial charge in [-0.25, -0.2) is 19.6 Å². The Morgan fingerprint density at radius 3 is 1.50 bits per heavy atom. The topological polar surface area (TPSA) is 137 Å². The molecule has 0 radical (unpaired) electrons. The number of esters is 2. The van der Waals surface area contributed by atoms with Crippen LogP contribution >= 0.6 is 15.9 Å². The van der Waals surface area contributed by atoms with Gasteiger partial charge in [-0.2, -0.15) is 26.3 Å². The Kier molecular flexibility index (Phi) is 14.4. The lowest BCUT2D eigenvalue weighted by Crippen LogP contribution is -2.29. The lowest BCUT2D eigenvalue weighted by molar-refractivity contribution is -0.138. The molecule has 2 aromatic heterocycles. The molecule has 2 N–H and O–H groups in total. The van der Waals surface area contributed by atoms with Crippen LogP contribution in [0.4, 0.5) is 26.3 Å². The molecule has 0 unspecified atom stereocenters. The number of benzene rings is 2. The van der Waals surface area contributed by atoms with Gasteiger partial charge in [0.25, 0.3) is 0 Å². The molecule has 0 spiro atoms. The van der Waals surface area contributed by atoms with Crippen LogP contribution < -0.4 is 14.9 Å². The minimum absolute atomic E-state index is 0.0352. The second kappa shape index (κ2) is 17.5. The average Bonchev–Trinajstić information content (AvgIpc) is 3.07. The van der Waals surface area contributed by atoms with Crippen LogP contribution in [0.25, 0.3) is 11.1 Å². The molecule has 4 rings (SSSR count). The van der Waals surface area contributed by atoms with Gasteiger partial charge in [0.1, 0.15) is 11.5 Å². The van der Waals surface area contributed by atoms with E-state index in [4.69, 9.17) is 19.5 Å². The highest BCUT2D eigenvalue weighted by molar-refractivity contribution is 9.10. The summed E-state index contributed by atoms with van der Waals surface area (Å²) in [5.74, 6) is -0.242. The number of halogens is 7. The summed E-state index contributed by atoms with van der Waals surface area (Å²) in [6.45, 7) is 0. The van der Waals surface area contributed by atoms with E-state index in [1.54, 1.807) is 0 Å². The molecule has 48 heavy (non-hydrogen) atoms. The van der Waals surface area contributed by atoms with Crippen LogP contribution in [0.5, 0.6) is 11.5 Å². The number of aromatic nitrogens is 2. The summed E-state index contributed by atoms with van der Waals surface area (Å²) in [5, 5.41) is 17.2. The average molecular weight is 747 g/mol. The smallest absolute Gasteiger partial charge is 0.488 e. The van der Waals surface area contributed by atoms with Crippen LogP contribution in [-0.2, 0) is 21.8 Å². The predicted octanol–water partition coefficient (Wildman–Crippen LogP) is 5.59. The number of nitrogens with zero attached hydrogens (tertiary/aromatic N) is 2. The van der Waals surface area contributed by atoms with Crippen molar-refractivity contribution >= 4 is 40.4 Å². The van der Waals surface area contributed by atoms with Crippen molar-refractivity contribution in [3.8, 4) is 22.6 Å². The van der Waals surface area contributed by atoms with Crippen molar-refractivity contribution in [3.05, 3.63) is 100 Å². The molecule has 10 nitrogen and oxygen atoms in total. The number of methoxy groups -OCH3 is 4. The van der Waals surface area contributed by atoms with Crippen molar-refractivity contribution in [2.45, 2.75) is 12.4 Å². The maximum absolute atomic E-state index is 12.6. The lowest BCUT2D eigenvalue weighted by Gasteiger charge is -2.11. The first kappa shape index (κ1) is 39.5. The van der Waals surface area contributed by atoms with E-state index in [2.05, 4.69) is 35.4 Å². The van der Waals surface area contributed by atoms with Gasteiger partial charge in [0.15, 0.2) is 11.4 Å². The Hall–Kier alpha value is -4.68. The summed E-state index contributed by atoms with van der Waals surface area (Å²) in [5.41, 5.74) is -0.269. The third-order valence-corrected chi connectivity index (χ3v) is 6.57. The predicted molar refractivity (Wildman–Crippen MR) is 164 cm³/mol. The normalized spacial score (nSPS) is 10.8. The highest BCUT2D eigenvalue weighted by Gasteiger charge is 2.31. The fourth-order valence-electron chi connectivity index (χ4n) is 3.51. The van der Waals surface area contributed by atoms with Crippen LogP contribution in [0, 0.1) is 0 Å². The highest BCUT2D eigenvalue weighted by atomic mass is 79.9. The lowest BCUT2D eigenvalue weighted by atomic mass is 9.80. The van der Waals surface area contributed by atoms with Gasteiger partial charge in [0.05, 0.1) is 44.0 Å². The molecule has 4 aromatic rings. The third kappa shape index (κ3) is 11.2. The molecule has 0 aliphatic rings. The van der Waals surface area contributed by atoms with Crippen molar-refractivity contribution in [1.82, 2.24) is 9.97 Å². The second-order valence-corrected chi connectivity index (χ2v) is 9.88. The standard InChI is InChI=1S/C15H12F3NO3.C8H8BrNO3.C7H6BF3O2/c1-21-13-7-12(14(20)22-2)19-8-11(13)9-3-5-10(6-4-9)15(16,17)18;1-12-7-3-6(8(11)13-2)10-4-5(7)9;9-7(10,11)5-1-3-6(4-2-5)8(12)13/h3-8H,1-2H3;3-4H,1-2H3;1-4,12-13H. The van der Waals surface area contributed by atoms with Gasteiger partial charge in [-0.05, 0) is 39.1 Å². The highest BCUT2D eigenvalue weighted by Crippen LogP contribution is 2.34. The Bertz CT molecular complexity index is 1670. The first-order chi connectivity index (χ1) is 22.5. The summed E-state index contributed by atoms with van der Waals surface area (Å²) in [7, 11) is 3.70. The van der Waals surface area contributed by atoms with Crippen LogP contribution in [-0.4, -0.2) is 67.5 Å². The Morgan fingerprint density at radius 2 is 1.10 bits per heavy atom. The number of rotatable bonds is 6. The SMILES string of the molecule is COC(=O)c1cc(OC)c(-c2ccc(C(F)(F)F)cc2)cn1.COC(=O)c1cc(OC)c(Br)cn1.OB(O)c1ccc(C(F)(F)F)cc1. The Morgan fingerprint density at radius 1 is 0.688 bits per heavy atom. The van der Waals surface area contributed by atoms with Crippen LogP contribution in [0.1, 0.15) is 32.1 Å². The number of hydrogen-bond acceptors (Lipinski definition) is 10. The Balaban J connectivity index is 0.000000266. The molecule has 2 aromatic carbocycles. The van der Waals surface area contributed by atoms with E-state index in [1.165, 1.54) is 65.1 Å². The van der Waals surface area contributed by atoms with Gasteiger partial charge in [-0.3, -0.25) is 0 Å². The number of hydrogen-bond donors (Lipinski definition) is 2. The molecular weight excluding hydrogens is 721 g/mol. The van der Waals surface area contributed by atoms with Gasteiger partial charge in [0, 0.05) is 30.1 Å². The molecule has 0 saturated carbocycles. The van der Waals surface area contributed by atoms with Gasteiger partial charge in [-0.1, -0.05) is 36.4 Å². The Labute approximate surface area is 278 Å². The van der Waals surface area contributed by atoms with Gasteiger partial charge < -0.3 is 29.0 Å². The van der Waals surface area contributed by atoms with Crippen LogP contribution in [0.3, 0.4) is 0 Å². The summed E-state index contributed by atoms with van der Waals surface area (Å²) >= 11 is 3.22. The number of ether oxygens (including phenoxy) is 4. The minimum Gasteiger partial charge on any atom is -0.496 e. The molecule has 0 saturated heterocycles. The quantitative estimate of drug-likeness (QED) is 0.146. The van der Waals surface area contributed by atoms with Crippen molar-refractivity contribution < 1.29 is 64.9 Å². The van der Waals surface area contributed by atoms with Crippen LogP contribution in [0.2, 0.25) is 0 Å². The van der Waals surface area contributed by atoms with Crippen molar-refractivity contribution in [3.63, 3.8) is 0 Å². The van der Waals surface area contributed by atoms with Crippen LogP contribution in [0.15, 0.2) is 77.5 Å². The summed E-state index contributed by atoms with van der Waals surface area (Å²) in [4.78, 5) is 30.2. The van der Waals surface area contributed by atoms with E-state index in [9.17, 15) is 35.9 Å². The van der Waals surface area contributed by atoms with Gasteiger partial charge in [-0.15, -0.1) is 0 Å². The number of alkyl halides is 6. The zero-order chi connectivity index (χ0) is 36.2. The van der Waals surface area contributed by atoms with Crippen molar-refractivity contribution in [2.75, 3.05) is 28.4 Å². The molecule has 18 heteroatoms. The number of carbonyl (C=O) groups excluding carboxylic acids is 2. The van der Waals surface area contributed by atoms with Gasteiger partial charge in [0.2, 0.25) is 0 Å². The fourth-order valence-corrected chi connectivity index (χ4v) is 3.89. The first-order valence-corrected chi connectivity index (χ1v) is 13.9. The zero-order valence-corrected chi connectivity index (χ0v) is 27.0. The molecule has 0 fully saturated rings. The fraction of sp³-hybridized carbons (Fsp3) is 0.200. The summed E-state index contributed by atoms with van der Waals surface area (Å²) in [6.07, 6.45) is -5.94. The van der Waals surface area contributed by atoms with Crippen molar-refractivity contribution in [1.29, 1.82) is 0 Å². The first-order valence-electron chi connectivity index (χ1n) is 13.1. The summed E-state index contributed by atoms with van der Waals surface area (Å²) in [6, 6.07) is 11.1. The maximum Gasteiger partial charge on any atom is 0.488 e. The maximum atomic E-state index is 12.6. The van der Waals surface area contributed by atoms with E-state index in [0.29, 0.717) is 27.1 Å². The van der Waals surface area contributed by atoms with E-state index in [-0.39, 0.29) is 16.9 Å². The molecule has 256 valence electrons. The molecule has 2 heterocycles. The molecule has 0 atom stereocenters. The summed E-state index contributed by atoms with van der Waals surface area (Å²) < 4.78 is 93.6. The molecule has 0 amide bonds. The number of carbonyl (C=O) groups is 2. The van der Waals surface area contributed by atoms with E-state index in [0.717, 1.165) is 36.4 Å². The monoisotopic (exact) mass is 746 g/mol. The van der Waals surface area contributed by atoms with E-state index in [1.807, 2.05) is 0 Å². The van der Waals surface area contributed by atoms with Crippen molar-refractivity contribution in [2.24, 2.45) is 0 Å². The molecule has 0 aliphatic heterocycles. The van der Waals surface area contributed by atoms with E-state index >= 15 is 0 Å². The van der Waals surface area contributed by atoms with E-state index < -0.39 is 42.5 Å². The molecule has 0 aliphatic carbocycles. The second-order valence-electron chi connectivity index (χ2n) is 9.03. The minimum atomic E-state index is -4.39.